The predicted octanol–water partition coefficient (Wildman–Crippen LogP) is 3.37. The van der Waals surface area contributed by atoms with E-state index in [1.165, 1.54) is 18.5 Å². The summed E-state index contributed by atoms with van der Waals surface area (Å²) in [5.74, 6) is -1.46. The summed E-state index contributed by atoms with van der Waals surface area (Å²) in [5, 5.41) is 14.4. The van der Waals surface area contributed by atoms with Crippen LogP contribution >= 0.6 is 0 Å². The standard InChI is InChI=1S/C26H24F3N5O7/c1-2-40-41-14-15-4-3-5-17(8-15)31-25(39)30-11-16-6-7-33(12-16)20-10-21-19(9-18(20)26(27,28)29)32-23(37)24(38)34(21)13-22(35)36/h3-10,12H,2,11,13-14H2,1H3,(H,32,37)(H,35,36)(H2,30,31,39). The maximum Gasteiger partial charge on any atom is 0.418 e. The van der Waals surface area contributed by atoms with Crippen LogP contribution in [0.5, 0.6) is 0 Å². The second-order valence-corrected chi connectivity index (χ2v) is 8.73. The lowest BCUT2D eigenvalue weighted by atomic mass is 10.1. The molecule has 0 saturated heterocycles. The third-order valence-electron chi connectivity index (χ3n) is 5.79. The van der Waals surface area contributed by atoms with E-state index in [1.54, 1.807) is 31.2 Å². The van der Waals surface area contributed by atoms with Gasteiger partial charge in [0, 0.05) is 24.6 Å². The third kappa shape index (κ3) is 7.01. The smallest absolute Gasteiger partial charge is 0.418 e. The molecule has 15 heteroatoms. The number of amides is 2. The molecule has 2 amide bonds. The number of aromatic nitrogens is 3. The van der Waals surface area contributed by atoms with E-state index < -0.39 is 47.1 Å². The van der Waals surface area contributed by atoms with Crippen LogP contribution in [0.25, 0.3) is 16.7 Å². The number of carbonyl (C=O) groups is 2. The topological polar surface area (TPSA) is 157 Å². The van der Waals surface area contributed by atoms with Gasteiger partial charge in [0.05, 0.1) is 28.9 Å². The summed E-state index contributed by atoms with van der Waals surface area (Å²) in [7, 11) is 0. The monoisotopic (exact) mass is 575 g/mol. The van der Waals surface area contributed by atoms with Crippen LogP contribution in [0.1, 0.15) is 23.6 Å². The van der Waals surface area contributed by atoms with E-state index in [9.17, 15) is 32.3 Å². The molecule has 4 N–H and O–H groups in total. The number of carbonyl (C=O) groups excluding carboxylic acids is 1. The minimum atomic E-state index is -4.86. The molecule has 0 aliphatic carbocycles. The van der Waals surface area contributed by atoms with Gasteiger partial charge in [-0.1, -0.05) is 12.1 Å². The highest BCUT2D eigenvalue weighted by atomic mass is 19.4. The van der Waals surface area contributed by atoms with Gasteiger partial charge in [-0.15, -0.1) is 0 Å². The Morgan fingerprint density at radius 3 is 2.56 bits per heavy atom. The van der Waals surface area contributed by atoms with Gasteiger partial charge in [-0.05, 0) is 48.4 Å². The van der Waals surface area contributed by atoms with Crippen LogP contribution in [-0.2, 0) is 40.4 Å². The van der Waals surface area contributed by atoms with Crippen molar-refractivity contribution < 1.29 is 37.6 Å². The van der Waals surface area contributed by atoms with Crippen molar-refractivity contribution in [1.82, 2.24) is 19.4 Å². The van der Waals surface area contributed by atoms with Gasteiger partial charge in [0.2, 0.25) is 0 Å². The van der Waals surface area contributed by atoms with E-state index in [1.807, 2.05) is 0 Å². The van der Waals surface area contributed by atoms with Crippen LogP contribution in [0.3, 0.4) is 0 Å². The molecule has 0 aliphatic rings. The number of carboxylic acids is 1. The van der Waals surface area contributed by atoms with Crippen molar-refractivity contribution in [3.8, 4) is 5.69 Å². The van der Waals surface area contributed by atoms with Crippen molar-refractivity contribution in [3.05, 3.63) is 92.3 Å². The lowest BCUT2D eigenvalue weighted by molar-refractivity contribution is -0.300. The molecule has 0 saturated carbocycles. The molecule has 4 aromatic rings. The minimum Gasteiger partial charge on any atom is -0.480 e. The number of aromatic amines is 1. The molecule has 4 rings (SSSR count). The van der Waals surface area contributed by atoms with Crippen LogP contribution in [0.15, 0.2) is 64.4 Å². The normalized spacial score (nSPS) is 11.5. The Morgan fingerprint density at radius 2 is 1.85 bits per heavy atom. The molecule has 0 bridgehead atoms. The van der Waals surface area contributed by atoms with Crippen molar-refractivity contribution in [1.29, 1.82) is 0 Å². The van der Waals surface area contributed by atoms with E-state index in [0.717, 1.165) is 16.2 Å². The van der Waals surface area contributed by atoms with Gasteiger partial charge in [0.1, 0.15) is 13.2 Å². The van der Waals surface area contributed by atoms with E-state index in [-0.39, 0.29) is 24.2 Å². The number of rotatable bonds is 10. The number of fused-ring (bicyclic) bond motifs is 1. The zero-order chi connectivity index (χ0) is 29.7. The number of anilines is 1. The molecular formula is C26H24F3N5O7. The first-order valence-electron chi connectivity index (χ1n) is 12.1. The van der Waals surface area contributed by atoms with Crippen molar-refractivity contribution in [2.45, 2.75) is 32.8 Å². The highest BCUT2D eigenvalue weighted by Crippen LogP contribution is 2.36. The fourth-order valence-electron chi connectivity index (χ4n) is 4.03. The number of aliphatic carboxylic acids is 1. The first-order valence-corrected chi connectivity index (χ1v) is 12.1. The average Bonchev–Trinajstić information content (AvgIpc) is 3.38. The molecule has 0 spiro atoms. The van der Waals surface area contributed by atoms with Gasteiger partial charge in [-0.25, -0.2) is 14.6 Å². The molecule has 0 unspecified atom stereocenters. The summed E-state index contributed by atoms with van der Waals surface area (Å²) >= 11 is 0. The number of alkyl halides is 3. The number of hydrogen-bond acceptors (Lipinski definition) is 6. The molecule has 12 nitrogen and oxygen atoms in total. The summed E-state index contributed by atoms with van der Waals surface area (Å²) in [6.07, 6.45) is -2.20. The average molecular weight is 576 g/mol. The molecule has 41 heavy (non-hydrogen) atoms. The number of benzene rings is 2. The van der Waals surface area contributed by atoms with Gasteiger partial charge in [0.15, 0.2) is 0 Å². The van der Waals surface area contributed by atoms with E-state index in [0.29, 0.717) is 28.5 Å². The summed E-state index contributed by atoms with van der Waals surface area (Å²) in [5.41, 5.74) is -2.92. The van der Waals surface area contributed by atoms with Gasteiger partial charge >= 0.3 is 29.3 Å². The summed E-state index contributed by atoms with van der Waals surface area (Å²) in [4.78, 5) is 59.8. The summed E-state index contributed by atoms with van der Waals surface area (Å²) < 4.78 is 43.7. The zero-order valence-electron chi connectivity index (χ0n) is 21.4. The molecule has 216 valence electrons. The summed E-state index contributed by atoms with van der Waals surface area (Å²) in [6.45, 7) is 1.36. The Hall–Kier alpha value is -4.89. The summed E-state index contributed by atoms with van der Waals surface area (Å²) in [6, 6.07) is 9.38. The number of nitrogens with zero attached hydrogens (tertiary/aromatic N) is 2. The van der Waals surface area contributed by atoms with Crippen LogP contribution < -0.4 is 21.8 Å². The van der Waals surface area contributed by atoms with Gasteiger partial charge in [-0.3, -0.25) is 19.0 Å². The Kier molecular flexibility index (Phi) is 8.59. The maximum absolute atomic E-state index is 14.0. The highest BCUT2D eigenvalue weighted by Gasteiger charge is 2.35. The van der Waals surface area contributed by atoms with E-state index >= 15 is 0 Å². The second-order valence-electron chi connectivity index (χ2n) is 8.73. The van der Waals surface area contributed by atoms with Crippen LogP contribution in [-0.4, -0.2) is 37.8 Å². The number of halogens is 3. The van der Waals surface area contributed by atoms with Gasteiger partial charge < -0.3 is 25.3 Å². The lowest BCUT2D eigenvalue weighted by Crippen LogP contribution is -2.38. The van der Waals surface area contributed by atoms with Crippen LogP contribution in [0.2, 0.25) is 0 Å². The fourth-order valence-corrected chi connectivity index (χ4v) is 4.03. The molecule has 2 aromatic heterocycles. The predicted molar refractivity (Wildman–Crippen MR) is 140 cm³/mol. The first kappa shape index (κ1) is 29.1. The molecular weight excluding hydrogens is 551 g/mol. The lowest BCUT2D eigenvalue weighted by Gasteiger charge is -2.17. The number of carboxylic acid groups (broad SMARTS) is 1. The molecule has 0 atom stereocenters. The van der Waals surface area contributed by atoms with Crippen molar-refractivity contribution >= 4 is 28.7 Å². The zero-order valence-corrected chi connectivity index (χ0v) is 21.4. The Balaban J connectivity index is 1.57. The molecule has 2 aromatic carbocycles. The van der Waals surface area contributed by atoms with Gasteiger partial charge in [-0.2, -0.15) is 13.2 Å². The number of hydrogen-bond donors (Lipinski definition) is 4. The van der Waals surface area contributed by atoms with Crippen LogP contribution in [0, 0.1) is 0 Å². The number of urea groups is 1. The molecule has 2 heterocycles. The number of H-pyrrole nitrogens is 1. The highest BCUT2D eigenvalue weighted by molar-refractivity contribution is 5.89. The van der Waals surface area contributed by atoms with Crippen molar-refractivity contribution in [2.24, 2.45) is 0 Å². The Labute approximate surface area is 228 Å². The van der Waals surface area contributed by atoms with Gasteiger partial charge in [0.25, 0.3) is 0 Å². The molecule has 0 fully saturated rings. The Bertz CT molecular complexity index is 1710. The largest absolute Gasteiger partial charge is 0.480 e. The van der Waals surface area contributed by atoms with E-state index in [4.69, 9.17) is 14.9 Å². The quantitative estimate of drug-likeness (QED) is 0.0978. The Morgan fingerprint density at radius 1 is 1.07 bits per heavy atom. The first-order chi connectivity index (χ1) is 19.5. The molecule has 0 aliphatic heterocycles. The minimum absolute atomic E-state index is 0.0437. The van der Waals surface area contributed by atoms with E-state index in [2.05, 4.69) is 15.6 Å². The molecule has 0 radical (unpaired) electrons. The van der Waals surface area contributed by atoms with Crippen molar-refractivity contribution in [2.75, 3.05) is 11.9 Å². The van der Waals surface area contributed by atoms with Crippen LogP contribution in [0.4, 0.5) is 23.7 Å². The SMILES string of the molecule is CCOOCc1cccc(NC(=O)NCc2ccn(-c3cc4c(cc3C(F)(F)F)[nH]c(=O)c(=O)n4CC(=O)O)c2)c1. The third-order valence-corrected chi connectivity index (χ3v) is 5.79. The van der Waals surface area contributed by atoms with Crippen molar-refractivity contribution in [3.63, 3.8) is 0 Å². The maximum atomic E-state index is 14.0. The fraction of sp³-hybridized carbons (Fsp3) is 0.231. The second kappa shape index (κ2) is 12.1. The number of nitrogens with one attached hydrogen (secondary N) is 3.